The molecule has 2 aromatic rings. The molecular weight excluding hydrogens is 336 g/mol. The first-order chi connectivity index (χ1) is 11.5. The number of thioether (sulfide) groups is 1. The molecule has 128 valence electrons. The van der Waals surface area contributed by atoms with Crippen molar-refractivity contribution in [1.29, 1.82) is 0 Å². The van der Waals surface area contributed by atoms with Crippen LogP contribution in [0, 0.1) is 5.92 Å². The summed E-state index contributed by atoms with van der Waals surface area (Å²) in [5.41, 5.74) is 3.73. The Hall–Kier alpha value is -0.960. The molecule has 3 atom stereocenters. The molecule has 1 aliphatic rings. The molecule has 1 aliphatic heterocycles. The highest BCUT2D eigenvalue weighted by molar-refractivity contribution is 7.98. The van der Waals surface area contributed by atoms with E-state index in [2.05, 4.69) is 56.5 Å². The van der Waals surface area contributed by atoms with Crippen molar-refractivity contribution in [3.63, 3.8) is 0 Å². The Morgan fingerprint density at radius 2 is 1.83 bits per heavy atom. The maximum atomic E-state index is 6.46. The van der Waals surface area contributed by atoms with Crippen LogP contribution in [0.1, 0.15) is 49.5 Å². The van der Waals surface area contributed by atoms with E-state index in [0.29, 0.717) is 12.0 Å². The van der Waals surface area contributed by atoms with Gasteiger partial charge >= 0.3 is 0 Å². The zero-order chi connectivity index (χ0) is 17.1. The minimum absolute atomic E-state index is 0.193. The van der Waals surface area contributed by atoms with Gasteiger partial charge in [-0.3, -0.25) is 0 Å². The maximum Gasteiger partial charge on any atom is 0.0831 e. The minimum atomic E-state index is 0.193. The van der Waals surface area contributed by atoms with E-state index in [9.17, 15) is 0 Å². The highest BCUT2D eigenvalue weighted by Gasteiger charge is 2.26. The lowest BCUT2D eigenvalue weighted by molar-refractivity contribution is -0.0604. The summed E-state index contributed by atoms with van der Waals surface area (Å²) >= 11 is 8.22. The van der Waals surface area contributed by atoms with Crippen LogP contribution in [-0.4, -0.2) is 12.4 Å². The zero-order valence-corrected chi connectivity index (χ0v) is 16.2. The molecule has 1 saturated heterocycles. The van der Waals surface area contributed by atoms with Crippen LogP contribution in [0.5, 0.6) is 0 Å². The quantitative estimate of drug-likeness (QED) is 0.573. The van der Waals surface area contributed by atoms with Crippen LogP contribution in [0.4, 0.5) is 0 Å². The molecule has 0 N–H and O–H groups in total. The molecule has 1 nitrogen and oxygen atoms in total. The largest absolute Gasteiger partial charge is 0.371 e. The van der Waals surface area contributed by atoms with E-state index in [1.807, 2.05) is 6.07 Å². The summed E-state index contributed by atoms with van der Waals surface area (Å²) < 4.78 is 6.17. The normalized spacial score (nSPS) is 24.1. The smallest absolute Gasteiger partial charge is 0.0831 e. The van der Waals surface area contributed by atoms with Crippen LogP contribution in [0.25, 0.3) is 0 Å². The second kappa shape index (κ2) is 7.95. The van der Waals surface area contributed by atoms with Gasteiger partial charge in [-0.25, -0.2) is 0 Å². The van der Waals surface area contributed by atoms with Gasteiger partial charge in [-0.1, -0.05) is 42.8 Å². The molecule has 0 aromatic heterocycles. The van der Waals surface area contributed by atoms with E-state index in [1.165, 1.54) is 21.6 Å². The molecule has 0 saturated carbocycles. The zero-order valence-electron chi connectivity index (χ0n) is 14.6. The van der Waals surface area contributed by atoms with Crippen LogP contribution in [0.15, 0.2) is 47.4 Å². The molecule has 3 heteroatoms. The van der Waals surface area contributed by atoms with Gasteiger partial charge in [-0.2, -0.15) is 0 Å². The van der Waals surface area contributed by atoms with Gasteiger partial charge < -0.3 is 4.74 Å². The van der Waals surface area contributed by atoms with E-state index < -0.39 is 0 Å². The van der Waals surface area contributed by atoms with E-state index >= 15 is 0 Å². The summed E-state index contributed by atoms with van der Waals surface area (Å²) in [7, 11) is 0. The predicted molar refractivity (Wildman–Crippen MR) is 104 cm³/mol. The Labute approximate surface area is 154 Å². The van der Waals surface area contributed by atoms with Crippen molar-refractivity contribution in [2.24, 2.45) is 5.92 Å². The third-order valence-corrected chi connectivity index (χ3v) is 5.85. The molecule has 0 amide bonds. The Bertz CT molecular complexity index is 673. The molecule has 0 radical (unpaired) electrons. The van der Waals surface area contributed by atoms with Gasteiger partial charge in [0.2, 0.25) is 0 Å². The average molecular weight is 361 g/mol. The van der Waals surface area contributed by atoms with Crippen molar-refractivity contribution >= 4 is 23.4 Å². The van der Waals surface area contributed by atoms with Crippen molar-refractivity contribution in [2.75, 3.05) is 6.26 Å². The molecular formula is C21H25ClOS. The van der Waals surface area contributed by atoms with Crippen LogP contribution < -0.4 is 0 Å². The Balaban J connectivity index is 1.80. The highest BCUT2D eigenvalue weighted by atomic mass is 35.5. The second-order valence-electron chi connectivity index (χ2n) is 6.89. The summed E-state index contributed by atoms with van der Waals surface area (Å²) in [6.07, 6.45) is 5.73. The first-order valence-electron chi connectivity index (χ1n) is 8.62. The summed E-state index contributed by atoms with van der Waals surface area (Å²) in [6.45, 7) is 4.49. The van der Waals surface area contributed by atoms with Gasteiger partial charge in [-0.15, -0.1) is 11.8 Å². The predicted octanol–water partition coefficient (Wildman–Crippen LogP) is 6.53. The fraction of sp³-hybridized carbons (Fsp3) is 0.429. The third-order valence-electron chi connectivity index (χ3n) is 4.74. The van der Waals surface area contributed by atoms with Gasteiger partial charge in [0.1, 0.15) is 0 Å². The fourth-order valence-corrected chi connectivity index (χ4v) is 4.12. The minimum Gasteiger partial charge on any atom is -0.371 e. The molecule has 0 spiro atoms. The first kappa shape index (κ1) is 17.8. The number of benzene rings is 2. The van der Waals surface area contributed by atoms with Crippen LogP contribution in [0.3, 0.4) is 0 Å². The van der Waals surface area contributed by atoms with Crippen LogP contribution in [0.2, 0.25) is 5.02 Å². The maximum absolute atomic E-state index is 6.46. The van der Waals surface area contributed by atoms with E-state index in [4.69, 9.17) is 16.3 Å². The topological polar surface area (TPSA) is 9.23 Å². The number of halogens is 1. The molecule has 1 heterocycles. The highest BCUT2D eigenvalue weighted by Crippen LogP contribution is 2.36. The van der Waals surface area contributed by atoms with Gasteiger partial charge in [-0.05, 0) is 73.2 Å². The lowest BCUT2D eigenvalue weighted by Crippen LogP contribution is -2.24. The summed E-state index contributed by atoms with van der Waals surface area (Å²) in [4.78, 5) is 1.29. The Morgan fingerprint density at radius 1 is 1.08 bits per heavy atom. The van der Waals surface area contributed by atoms with Crippen molar-refractivity contribution < 1.29 is 4.74 Å². The number of rotatable bonds is 4. The standard InChI is InChI=1S/C21H25ClOS/c1-14-10-15(2)23-21(11-14)17-6-9-20(22)18(13-17)12-16-4-7-19(24-3)8-5-16/h4-9,13-15,21H,10-12H2,1-3H3/t14-,15+,21+/m0/s1. The van der Waals surface area contributed by atoms with Gasteiger partial charge in [0.05, 0.1) is 12.2 Å². The number of ether oxygens (including phenoxy) is 1. The fourth-order valence-electron chi connectivity index (χ4n) is 3.53. The first-order valence-corrected chi connectivity index (χ1v) is 10.2. The van der Waals surface area contributed by atoms with Crippen molar-refractivity contribution in [2.45, 2.75) is 50.2 Å². The van der Waals surface area contributed by atoms with Crippen LogP contribution in [-0.2, 0) is 11.2 Å². The van der Waals surface area contributed by atoms with Gasteiger partial charge in [0, 0.05) is 9.92 Å². The third kappa shape index (κ3) is 4.36. The van der Waals surface area contributed by atoms with E-state index in [0.717, 1.165) is 24.3 Å². The molecule has 0 aliphatic carbocycles. The Kier molecular flexibility index (Phi) is 5.91. The Morgan fingerprint density at radius 3 is 2.50 bits per heavy atom. The SMILES string of the molecule is CSc1ccc(Cc2cc([C@H]3C[C@@H](C)C[C@@H](C)O3)ccc2Cl)cc1. The van der Waals surface area contributed by atoms with E-state index in [1.54, 1.807) is 11.8 Å². The average Bonchev–Trinajstić information content (AvgIpc) is 2.56. The molecule has 1 fully saturated rings. The van der Waals surface area contributed by atoms with Crippen molar-refractivity contribution in [3.8, 4) is 0 Å². The number of hydrogen-bond donors (Lipinski definition) is 0. The molecule has 0 unspecified atom stereocenters. The summed E-state index contributed by atoms with van der Waals surface area (Å²) in [5, 5.41) is 0.838. The summed E-state index contributed by atoms with van der Waals surface area (Å²) in [5.74, 6) is 0.706. The molecule has 0 bridgehead atoms. The van der Waals surface area contributed by atoms with Crippen LogP contribution >= 0.6 is 23.4 Å². The monoisotopic (exact) mass is 360 g/mol. The lowest BCUT2D eigenvalue weighted by Gasteiger charge is -2.32. The summed E-state index contributed by atoms with van der Waals surface area (Å²) in [6, 6.07) is 15.1. The van der Waals surface area contributed by atoms with E-state index in [-0.39, 0.29) is 6.10 Å². The molecule has 24 heavy (non-hydrogen) atoms. The van der Waals surface area contributed by atoms with Crippen molar-refractivity contribution in [3.05, 3.63) is 64.2 Å². The van der Waals surface area contributed by atoms with Gasteiger partial charge in [0.25, 0.3) is 0 Å². The molecule has 2 aromatic carbocycles. The van der Waals surface area contributed by atoms with Gasteiger partial charge in [0.15, 0.2) is 0 Å². The van der Waals surface area contributed by atoms with Crippen molar-refractivity contribution in [1.82, 2.24) is 0 Å². The number of hydrogen-bond acceptors (Lipinski definition) is 2. The molecule has 3 rings (SSSR count). The lowest BCUT2D eigenvalue weighted by atomic mass is 9.89. The second-order valence-corrected chi connectivity index (χ2v) is 8.17.